The van der Waals surface area contributed by atoms with Gasteiger partial charge in [-0.25, -0.2) is 17.5 Å². The fourth-order valence-corrected chi connectivity index (χ4v) is 5.09. The van der Waals surface area contributed by atoms with Crippen LogP contribution >= 0.6 is 0 Å². The predicted molar refractivity (Wildman–Crippen MR) is 129 cm³/mol. The number of benzene rings is 3. The first-order chi connectivity index (χ1) is 16.8. The van der Waals surface area contributed by atoms with E-state index in [1.165, 1.54) is 24.3 Å². The minimum atomic E-state index is -3.93. The van der Waals surface area contributed by atoms with Gasteiger partial charge in [0, 0.05) is 12.1 Å². The van der Waals surface area contributed by atoms with Crippen molar-refractivity contribution >= 4 is 10.0 Å². The number of hydrogen-bond acceptors (Lipinski definition) is 6. The number of halogens is 1. The van der Waals surface area contributed by atoms with Crippen LogP contribution in [0.3, 0.4) is 0 Å². The predicted octanol–water partition coefficient (Wildman–Crippen LogP) is 4.94. The summed E-state index contributed by atoms with van der Waals surface area (Å²) in [5.41, 5.74) is 1.30. The fourth-order valence-electron chi connectivity index (χ4n) is 3.66. The van der Waals surface area contributed by atoms with E-state index < -0.39 is 16.1 Å². The summed E-state index contributed by atoms with van der Waals surface area (Å²) >= 11 is 0. The molecule has 1 aromatic heterocycles. The average molecular weight is 497 g/mol. The molecule has 0 saturated carbocycles. The van der Waals surface area contributed by atoms with Crippen LogP contribution in [0.15, 0.2) is 77.7 Å². The molecule has 0 aliphatic carbocycles. The van der Waals surface area contributed by atoms with Crippen molar-refractivity contribution in [3.8, 4) is 28.6 Å². The highest BCUT2D eigenvalue weighted by atomic mass is 32.2. The lowest BCUT2D eigenvalue weighted by atomic mass is 10.1. The van der Waals surface area contributed by atoms with E-state index in [-0.39, 0.29) is 16.7 Å². The second-order valence-electron chi connectivity index (χ2n) is 7.71. The third-order valence-electron chi connectivity index (χ3n) is 5.38. The van der Waals surface area contributed by atoms with Crippen LogP contribution in [0.25, 0.3) is 11.1 Å². The van der Waals surface area contributed by atoms with E-state index in [0.29, 0.717) is 29.4 Å². The van der Waals surface area contributed by atoms with Crippen LogP contribution in [0, 0.1) is 5.82 Å². The minimum absolute atomic E-state index is 0.141. The molecule has 0 saturated heterocycles. The van der Waals surface area contributed by atoms with Gasteiger partial charge in [0.05, 0.1) is 18.0 Å². The molecule has 0 aliphatic rings. The molecule has 0 unspecified atom stereocenters. The molecule has 0 bridgehead atoms. The van der Waals surface area contributed by atoms with Crippen LogP contribution in [-0.4, -0.2) is 30.3 Å². The molecule has 1 heterocycles. The molecule has 182 valence electrons. The first kappa shape index (κ1) is 24.4. The van der Waals surface area contributed by atoms with E-state index in [2.05, 4.69) is 14.9 Å². The maximum Gasteiger partial charge on any atom is 0.322 e. The third kappa shape index (κ3) is 5.33. The van der Waals surface area contributed by atoms with Crippen molar-refractivity contribution in [2.24, 2.45) is 0 Å². The van der Waals surface area contributed by atoms with E-state index in [9.17, 15) is 12.8 Å². The summed E-state index contributed by atoms with van der Waals surface area (Å²) in [4.78, 5) is 0.141. The summed E-state index contributed by atoms with van der Waals surface area (Å²) in [6.45, 7) is 3.99. The van der Waals surface area contributed by atoms with Crippen LogP contribution < -0.4 is 14.2 Å². The smallest absolute Gasteiger partial charge is 0.322 e. The lowest BCUT2D eigenvalue weighted by Crippen LogP contribution is -2.29. The molecular weight excluding hydrogens is 471 g/mol. The maximum atomic E-state index is 13.4. The van der Waals surface area contributed by atoms with E-state index in [4.69, 9.17) is 9.47 Å². The maximum absolute atomic E-state index is 13.4. The Labute approximate surface area is 203 Å². The van der Waals surface area contributed by atoms with Gasteiger partial charge < -0.3 is 9.47 Å². The number of methoxy groups -OCH3 is 1. The normalized spacial score (nSPS) is 12.3. The largest absolute Gasteiger partial charge is 0.497 e. The Morgan fingerprint density at radius 3 is 2.29 bits per heavy atom. The zero-order valence-electron chi connectivity index (χ0n) is 19.5. The summed E-state index contributed by atoms with van der Waals surface area (Å²) in [6, 6.07) is 18.9. The Morgan fingerprint density at radius 1 is 0.971 bits per heavy atom. The van der Waals surface area contributed by atoms with Crippen LogP contribution in [0.4, 0.5) is 4.39 Å². The van der Waals surface area contributed by atoms with Gasteiger partial charge in [0.2, 0.25) is 10.0 Å². The quantitative estimate of drug-likeness (QED) is 0.353. The van der Waals surface area contributed by atoms with Crippen molar-refractivity contribution in [3.05, 3.63) is 84.4 Å². The summed E-state index contributed by atoms with van der Waals surface area (Å²) in [7, 11) is -2.35. The topological polar surface area (TPSA) is 95.3 Å². The summed E-state index contributed by atoms with van der Waals surface area (Å²) in [5, 5.41) is 8.21. The van der Waals surface area contributed by atoms with E-state index in [0.717, 1.165) is 5.56 Å². The number of nitrogens with one attached hydrogen (secondary N) is 1. The molecule has 0 fully saturated rings. The molecular formula is C25H25FN4O4S. The summed E-state index contributed by atoms with van der Waals surface area (Å²) in [5.74, 6) is 1.07. The van der Waals surface area contributed by atoms with Gasteiger partial charge in [0.25, 0.3) is 0 Å². The van der Waals surface area contributed by atoms with E-state index in [1.54, 1.807) is 55.0 Å². The van der Waals surface area contributed by atoms with Gasteiger partial charge >= 0.3 is 6.01 Å². The van der Waals surface area contributed by atoms with Crippen molar-refractivity contribution in [3.63, 3.8) is 0 Å². The molecule has 0 amide bonds. The van der Waals surface area contributed by atoms with Crippen LogP contribution in [-0.2, 0) is 16.6 Å². The van der Waals surface area contributed by atoms with Gasteiger partial charge in [-0.05, 0) is 61.9 Å². The van der Waals surface area contributed by atoms with Crippen LogP contribution in [0.2, 0.25) is 0 Å². The molecule has 3 aromatic carbocycles. The van der Waals surface area contributed by atoms with Gasteiger partial charge in [0.1, 0.15) is 17.3 Å². The van der Waals surface area contributed by atoms with Crippen molar-refractivity contribution < 1.29 is 22.3 Å². The lowest BCUT2D eigenvalue weighted by Gasteiger charge is -2.17. The van der Waals surface area contributed by atoms with Crippen LogP contribution in [0.1, 0.15) is 25.7 Å². The minimum Gasteiger partial charge on any atom is -0.497 e. The number of sulfonamides is 1. The Morgan fingerprint density at radius 2 is 1.63 bits per heavy atom. The Kier molecular flexibility index (Phi) is 7.13. The Bertz CT molecular complexity index is 1400. The molecule has 35 heavy (non-hydrogen) atoms. The average Bonchev–Trinajstić information content (AvgIpc) is 3.28. The number of rotatable bonds is 9. The number of aromatic nitrogens is 3. The molecule has 10 heteroatoms. The summed E-state index contributed by atoms with van der Waals surface area (Å²) < 4.78 is 55.3. The Hall–Kier alpha value is -3.76. The van der Waals surface area contributed by atoms with Gasteiger partial charge in [-0.3, -0.25) is 4.57 Å². The molecule has 4 aromatic rings. The standard InChI is InChI=1S/C25H25FN4O4S/c1-4-30-24(27-28-25(30)34-21-15-11-19(26)12-16-21)17(2)29-35(31,32)23-8-6-5-7-22(23)18-9-13-20(33-3)14-10-18/h5-17,29H,4H2,1-3H3/t17-/m1/s1. The second kappa shape index (κ2) is 10.2. The lowest BCUT2D eigenvalue weighted by molar-refractivity contribution is 0.407. The van der Waals surface area contributed by atoms with Crippen molar-refractivity contribution in [1.82, 2.24) is 19.5 Å². The number of nitrogens with zero attached hydrogens (tertiary/aromatic N) is 3. The van der Waals surface area contributed by atoms with Crippen molar-refractivity contribution in [1.29, 1.82) is 0 Å². The highest BCUT2D eigenvalue weighted by Crippen LogP contribution is 2.30. The van der Waals surface area contributed by atoms with E-state index >= 15 is 0 Å². The highest BCUT2D eigenvalue weighted by molar-refractivity contribution is 7.89. The molecule has 0 spiro atoms. The zero-order valence-corrected chi connectivity index (χ0v) is 20.3. The molecule has 1 atom stereocenters. The number of hydrogen-bond donors (Lipinski definition) is 1. The van der Waals surface area contributed by atoms with E-state index in [1.807, 2.05) is 19.1 Å². The molecule has 1 N–H and O–H groups in total. The van der Waals surface area contributed by atoms with Crippen LogP contribution in [0.5, 0.6) is 17.5 Å². The van der Waals surface area contributed by atoms with Crippen molar-refractivity contribution in [2.45, 2.75) is 31.3 Å². The first-order valence-corrected chi connectivity index (χ1v) is 12.4. The SMILES string of the molecule is CCn1c(Oc2ccc(F)cc2)nnc1[C@@H](C)NS(=O)(=O)c1ccccc1-c1ccc(OC)cc1. The third-order valence-corrected chi connectivity index (χ3v) is 6.98. The molecule has 0 radical (unpaired) electrons. The Balaban J connectivity index is 1.60. The van der Waals surface area contributed by atoms with Gasteiger partial charge in [-0.15, -0.1) is 5.10 Å². The number of ether oxygens (including phenoxy) is 2. The summed E-state index contributed by atoms with van der Waals surface area (Å²) in [6.07, 6.45) is 0. The van der Waals surface area contributed by atoms with Gasteiger partial charge in [0.15, 0.2) is 5.82 Å². The molecule has 8 nitrogen and oxygen atoms in total. The van der Waals surface area contributed by atoms with Gasteiger partial charge in [-0.2, -0.15) is 0 Å². The fraction of sp³-hybridized carbons (Fsp3) is 0.200. The molecule has 0 aliphatic heterocycles. The monoisotopic (exact) mass is 496 g/mol. The first-order valence-electron chi connectivity index (χ1n) is 10.9. The highest BCUT2D eigenvalue weighted by Gasteiger charge is 2.26. The second-order valence-corrected chi connectivity index (χ2v) is 9.39. The van der Waals surface area contributed by atoms with Gasteiger partial charge in [-0.1, -0.05) is 35.4 Å². The van der Waals surface area contributed by atoms with Crippen molar-refractivity contribution in [2.75, 3.05) is 7.11 Å². The molecule has 4 rings (SSSR count). The zero-order chi connectivity index (χ0) is 25.0.